The number of rotatable bonds is 3. The number of thiophene rings is 1. The van der Waals surface area contributed by atoms with Crippen LogP contribution in [0.25, 0.3) is 10.4 Å². The van der Waals surface area contributed by atoms with Crippen molar-refractivity contribution >= 4 is 17.3 Å². The van der Waals surface area contributed by atoms with Gasteiger partial charge in [0.25, 0.3) is 0 Å². The molecule has 5 nitrogen and oxygen atoms in total. The van der Waals surface area contributed by atoms with Crippen LogP contribution in [-0.4, -0.2) is 11.1 Å². The maximum atomic E-state index is 12.4. The van der Waals surface area contributed by atoms with E-state index in [1.54, 1.807) is 6.92 Å². The van der Waals surface area contributed by atoms with E-state index >= 15 is 0 Å². The summed E-state index contributed by atoms with van der Waals surface area (Å²) in [5, 5.41) is 3.86. The Hall–Kier alpha value is -2.60. The SMILES string of the molecule is Cc1noc(C)c1COC(=O)c1cc2c(s1)-c1ccccc1OC2. The monoisotopic (exact) mass is 341 g/mol. The van der Waals surface area contributed by atoms with Gasteiger partial charge in [0.05, 0.1) is 11.3 Å². The molecule has 0 atom stereocenters. The van der Waals surface area contributed by atoms with Gasteiger partial charge < -0.3 is 14.0 Å². The Morgan fingerprint density at radius 2 is 2.17 bits per heavy atom. The molecule has 0 amide bonds. The van der Waals surface area contributed by atoms with Crippen molar-refractivity contribution in [2.24, 2.45) is 0 Å². The number of hydrogen-bond acceptors (Lipinski definition) is 6. The van der Waals surface area contributed by atoms with E-state index in [1.165, 1.54) is 11.3 Å². The van der Waals surface area contributed by atoms with E-state index in [-0.39, 0.29) is 12.6 Å². The largest absolute Gasteiger partial charge is 0.488 e. The van der Waals surface area contributed by atoms with Gasteiger partial charge in [-0.2, -0.15) is 0 Å². The van der Waals surface area contributed by atoms with Gasteiger partial charge in [-0.25, -0.2) is 4.79 Å². The Morgan fingerprint density at radius 1 is 1.33 bits per heavy atom. The van der Waals surface area contributed by atoms with Gasteiger partial charge in [0.15, 0.2) is 0 Å². The number of para-hydroxylation sites is 1. The van der Waals surface area contributed by atoms with E-state index < -0.39 is 0 Å². The van der Waals surface area contributed by atoms with Crippen LogP contribution in [0.15, 0.2) is 34.9 Å². The first kappa shape index (κ1) is 15.0. The van der Waals surface area contributed by atoms with Crippen molar-refractivity contribution in [3.05, 3.63) is 57.8 Å². The van der Waals surface area contributed by atoms with Gasteiger partial charge in [-0.05, 0) is 32.0 Å². The van der Waals surface area contributed by atoms with Crippen LogP contribution in [0.4, 0.5) is 0 Å². The molecule has 122 valence electrons. The average Bonchev–Trinajstić information content (AvgIpc) is 3.17. The third-order valence-electron chi connectivity index (χ3n) is 4.05. The fraction of sp³-hybridized carbons (Fsp3) is 0.222. The topological polar surface area (TPSA) is 61.6 Å². The number of carbonyl (C=O) groups is 1. The number of fused-ring (bicyclic) bond motifs is 3. The summed E-state index contributed by atoms with van der Waals surface area (Å²) in [4.78, 5) is 14.0. The molecule has 1 aliphatic rings. The van der Waals surface area contributed by atoms with Gasteiger partial charge in [0.2, 0.25) is 0 Å². The number of hydrogen-bond donors (Lipinski definition) is 0. The second-order valence-electron chi connectivity index (χ2n) is 5.63. The molecule has 1 aromatic carbocycles. The third-order valence-corrected chi connectivity index (χ3v) is 5.24. The minimum absolute atomic E-state index is 0.162. The summed E-state index contributed by atoms with van der Waals surface area (Å²) in [6.07, 6.45) is 0. The lowest BCUT2D eigenvalue weighted by atomic mass is 10.1. The lowest BCUT2D eigenvalue weighted by molar-refractivity contribution is 0.0476. The standard InChI is InChI=1S/C18H15NO4S/c1-10-14(11(2)23-19-10)9-22-18(20)16-7-12-8-21-15-6-4-3-5-13(15)17(12)24-16/h3-7H,8-9H2,1-2H3. The maximum absolute atomic E-state index is 12.4. The number of benzene rings is 1. The fourth-order valence-electron chi connectivity index (χ4n) is 2.72. The smallest absolute Gasteiger partial charge is 0.348 e. The highest BCUT2D eigenvalue weighted by Crippen LogP contribution is 2.42. The molecule has 0 saturated heterocycles. The average molecular weight is 341 g/mol. The van der Waals surface area contributed by atoms with Crippen molar-refractivity contribution in [1.29, 1.82) is 0 Å². The molecule has 24 heavy (non-hydrogen) atoms. The van der Waals surface area contributed by atoms with Crippen LogP contribution in [0, 0.1) is 13.8 Å². The number of ether oxygens (including phenoxy) is 2. The molecule has 0 saturated carbocycles. The molecule has 0 bridgehead atoms. The Bertz CT molecular complexity index is 905. The van der Waals surface area contributed by atoms with Gasteiger partial charge >= 0.3 is 5.97 Å². The van der Waals surface area contributed by atoms with E-state index in [4.69, 9.17) is 14.0 Å². The first-order chi connectivity index (χ1) is 11.6. The molecule has 3 heterocycles. The Labute approximate surface area is 142 Å². The van der Waals surface area contributed by atoms with Gasteiger partial charge in [0.1, 0.15) is 29.6 Å². The molecule has 0 spiro atoms. The molecule has 4 rings (SSSR count). The zero-order valence-electron chi connectivity index (χ0n) is 13.3. The van der Waals surface area contributed by atoms with Crippen LogP contribution < -0.4 is 4.74 Å². The predicted octanol–water partition coefficient (Wildman–Crippen LogP) is 4.27. The molecule has 2 aromatic heterocycles. The highest BCUT2D eigenvalue weighted by Gasteiger charge is 2.23. The normalized spacial score (nSPS) is 12.2. The molecule has 0 N–H and O–H groups in total. The Morgan fingerprint density at radius 3 is 2.96 bits per heavy atom. The number of aromatic nitrogens is 1. The highest BCUT2D eigenvalue weighted by atomic mass is 32.1. The molecule has 0 unspecified atom stereocenters. The Balaban J connectivity index is 1.56. The minimum atomic E-state index is -0.341. The zero-order chi connectivity index (χ0) is 16.7. The molecular weight excluding hydrogens is 326 g/mol. The van der Waals surface area contributed by atoms with Crippen molar-refractivity contribution in [2.45, 2.75) is 27.1 Å². The summed E-state index contributed by atoms with van der Waals surface area (Å²) < 4.78 is 16.2. The van der Waals surface area contributed by atoms with Gasteiger partial charge in [-0.3, -0.25) is 0 Å². The second kappa shape index (κ2) is 5.79. The number of carbonyl (C=O) groups excluding carboxylic acids is 1. The van der Waals surface area contributed by atoms with Crippen molar-refractivity contribution in [2.75, 3.05) is 0 Å². The number of aryl methyl sites for hydroxylation is 2. The lowest BCUT2D eigenvalue weighted by Gasteiger charge is -2.16. The number of nitrogens with zero attached hydrogens (tertiary/aromatic N) is 1. The van der Waals surface area contributed by atoms with E-state index in [1.807, 2.05) is 37.3 Å². The van der Waals surface area contributed by atoms with Crippen molar-refractivity contribution in [3.63, 3.8) is 0 Å². The summed E-state index contributed by atoms with van der Waals surface area (Å²) in [5.41, 5.74) is 3.60. The molecule has 0 aliphatic carbocycles. The summed E-state index contributed by atoms with van der Waals surface area (Å²) in [6.45, 7) is 4.27. The quantitative estimate of drug-likeness (QED) is 0.666. The maximum Gasteiger partial charge on any atom is 0.348 e. The van der Waals surface area contributed by atoms with E-state index in [0.717, 1.165) is 33.0 Å². The minimum Gasteiger partial charge on any atom is -0.488 e. The summed E-state index contributed by atoms with van der Waals surface area (Å²) >= 11 is 1.44. The van der Waals surface area contributed by atoms with Crippen LogP contribution in [0.1, 0.15) is 32.3 Å². The van der Waals surface area contributed by atoms with E-state index in [2.05, 4.69) is 5.16 Å². The molecule has 6 heteroatoms. The van der Waals surface area contributed by atoms with Crippen LogP contribution in [0.5, 0.6) is 5.75 Å². The van der Waals surface area contributed by atoms with Gasteiger partial charge in [-0.15, -0.1) is 11.3 Å². The third kappa shape index (κ3) is 2.49. The van der Waals surface area contributed by atoms with E-state index in [9.17, 15) is 4.79 Å². The highest BCUT2D eigenvalue weighted by molar-refractivity contribution is 7.17. The van der Waals surface area contributed by atoms with Crippen molar-refractivity contribution < 1.29 is 18.8 Å². The van der Waals surface area contributed by atoms with Crippen LogP contribution >= 0.6 is 11.3 Å². The van der Waals surface area contributed by atoms with Crippen molar-refractivity contribution in [1.82, 2.24) is 5.16 Å². The molecule has 1 aliphatic heterocycles. The first-order valence-electron chi connectivity index (χ1n) is 7.57. The summed E-state index contributed by atoms with van der Waals surface area (Å²) in [5.74, 6) is 1.18. The van der Waals surface area contributed by atoms with Gasteiger partial charge in [0, 0.05) is 16.0 Å². The first-order valence-corrected chi connectivity index (χ1v) is 8.39. The lowest BCUT2D eigenvalue weighted by Crippen LogP contribution is -2.04. The predicted molar refractivity (Wildman–Crippen MR) is 89.2 cm³/mol. The molecule has 3 aromatic rings. The summed E-state index contributed by atoms with van der Waals surface area (Å²) in [7, 11) is 0. The van der Waals surface area contributed by atoms with Crippen LogP contribution in [0.2, 0.25) is 0 Å². The van der Waals surface area contributed by atoms with Gasteiger partial charge in [-0.1, -0.05) is 17.3 Å². The van der Waals surface area contributed by atoms with E-state index in [0.29, 0.717) is 17.2 Å². The second-order valence-corrected chi connectivity index (χ2v) is 6.68. The summed E-state index contributed by atoms with van der Waals surface area (Å²) in [6, 6.07) is 9.70. The van der Waals surface area contributed by atoms with Crippen LogP contribution in [-0.2, 0) is 18.0 Å². The van der Waals surface area contributed by atoms with Crippen LogP contribution in [0.3, 0.4) is 0 Å². The zero-order valence-corrected chi connectivity index (χ0v) is 14.1. The molecule has 0 radical (unpaired) electrons. The fourth-order valence-corrected chi connectivity index (χ4v) is 3.81. The Kier molecular flexibility index (Phi) is 3.61. The van der Waals surface area contributed by atoms with Crippen molar-refractivity contribution in [3.8, 4) is 16.2 Å². The molecule has 0 fully saturated rings. The number of esters is 1. The molecular formula is C18H15NO4S.